The number of carbonyl (C=O) groups excluding carboxylic acids is 5. The van der Waals surface area contributed by atoms with E-state index in [0.29, 0.717) is 0 Å². The summed E-state index contributed by atoms with van der Waals surface area (Å²) in [6, 6.07) is 0. The van der Waals surface area contributed by atoms with Crippen LogP contribution in [0.2, 0.25) is 0 Å². The third-order valence-electron chi connectivity index (χ3n) is 4.03. The number of ether oxygens (including phenoxy) is 2. The maximum Gasteiger partial charge on any atom is 0.331 e. The summed E-state index contributed by atoms with van der Waals surface area (Å²) in [7, 11) is 0. The van der Waals surface area contributed by atoms with Gasteiger partial charge in [0, 0.05) is 12.2 Å². The van der Waals surface area contributed by atoms with Crippen LogP contribution in [-0.4, -0.2) is 42.4 Å². The Morgan fingerprint density at radius 3 is 0.943 bits per heavy atom. The van der Waals surface area contributed by atoms with Gasteiger partial charge in [0.1, 0.15) is 12.2 Å². The Morgan fingerprint density at radius 2 is 0.743 bits per heavy atom. The second-order valence-corrected chi connectivity index (χ2v) is 6.03. The van der Waals surface area contributed by atoms with Crippen molar-refractivity contribution in [3.05, 3.63) is 12.2 Å². The van der Waals surface area contributed by atoms with Crippen LogP contribution in [0, 0.1) is 16.2 Å². The molecule has 0 unspecified atom stereocenters. The van der Waals surface area contributed by atoms with Crippen LogP contribution in [0.4, 0.5) is 0 Å². The third-order valence-corrected chi connectivity index (χ3v) is 4.03. The highest BCUT2D eigenvalue weighted by atomic mass is 16.5. The van der Waals surface area contributed by atoms with Gasteiger partial charge in [0.15, 0.2) is 0 Å². The molecule has 35 heavy (non-hydrogen) atoms. The van der Waals surface area contributed by atoms with Gasteiger partial charge in [0.25, 0.3) is 0 Å². The number of nitrogens with one attached hydrogen (secondary N) is 3. The van der Waals surface area contributed by atoms with Gasteiger partial charge in [-0.1, -0.05) is 57.4 Å². The molecule has 0 amide bonds. The second kappa shape index (κ2) is 41.1. The molecule has 0 aromatic carbocycles. The largest absolute Gasteiger partial charge is 0.459 e. The van der Waals surface area contributed by atoms with E-state index in [1.165, 1.54) is 25.0 Å². The number of esters is 2. The molecule has 10 nitrogen and oxygen atoms in total. The normalized spacial score (nSPS) is 13.1. The fourth-order valence-electron chi connectivity index (χ4n) is 2.91. The van der Waals surface area contributed by atoms with Crippen molar-refractivity contribution in [2.24, 2.45) is 0 Å². The van der Waals surface area contributed by atoms with E-state index in [4.69, 9.17) is 40.1 Å². The number of rotatable bonds is 4. The van der Waals surface area contributed by atoms with E-state index in [1.54, 1.807) is 0 Å². The van der Waals surface area contributed by atoms with E-state index in [9.17, 15) is 9.59 Å². The van der Waals surface area contributed by atoms with Crippen molar-refractivity contribution in [2.75, 3.05) is 0 Å². The molecule has 0 atom stereocenters. The molecule has 2 fully saturated rings. The molecule has 0 heterocycles. The van der Waals surface area contributed by atoms with Crippen LogP contribution in [-0.2, 0) is 33.4 Å². The van der Waals surface area contributed by atoms with Crippen LogP contribution < -0.4 is 0 Å². The van der Waals surface area contributed by atoms with E-state index >= 15 is 0 Å². The molecule has 0 aliphatic heterocycles. The van der Waals surface area contributed by atoms with Crippen molar-refractivity contribution in [2.45, 2.75) is 121 Å². The Morgan fingerprint density at radius 1 is 0.543 bits per heavy atom. The van der Waals surface area contributed by atoms with Gasteiger partial charge in [-0.3, -0.25) is 0 Å². The lowest BCUT2D eigenvalue weighted by Crippen LogP contribution is -2.21. The first kappa shape index (κ1) is 53.3. The monoisotopic (exact) mass is 505 g/mol. The zero-order valence-corrected chi connectivity index (χ0v) is 16.2. The summed E-state index contributed by atoms with van der Waals surface area (Å²) in [5.41, 5.74) is 0. The summed E-state index contributed by atoms with van der Waals surface area (Å²) >= 11 is 0. The standard InChI is InChI=1S/C16H24O4.3CHNO.6CH4/c17-15(19-13-7-3-1-4-8-13)11-12-16(18)20-14-9-5-2-6-10-14;3*2-1-3;;;;;;/h11-14H,1-10H2;3*2H;6*1H4/b12-11-;;;;;;;;;. The summed E-state index contributed by atoms with van der Waals surface area (Å²) < 4.78 is 10.6. The minimum Gasteiger partial charge on any atom is -0.459 e. The Balaban J connectivity index is -0.0000000714. The minimum atomic E-state index is -0.433. The Kier molecular flexibility index (Phi) is 62.6. The molecule has 3 N–H and O–H groups in total. The Bertz CT molecular complexity index is 530. The predicted octanol–water partition coefficient (Wildman–Crippen LogP) is 6.81. The molecule has 0 aromatic rings. The molecule has 2 aliphatic carbocycles. The lowest BCUT2D eigenvalue weighted by molar-refractivity contribution is -0.147. The van der Waals surface area contributed by atoms with Crippen molar-refractivity contribution >= 4 is 30.2 Å². The minimum absolute atomic E-state index is 0. The van der Waals surface area contributed by atoms with Crippen molar-refractivity contribution in [3.8, 4) is 0 Å². The van der Waals surface area contributed by atoms with E-state index in [-0.39, 0.29) is 56.8 Å². The van der Waals surface area contributed by atoms with Crippen molar-refractivity contribution in [3.63, 3.8) is 0 Å². The van der Waals surface area contributed by atoms with E-state index < -0.39 is 11.9 Å². The summed E-state index contributed by atoms with van der Waals surface area (Å²) in [6.07, 6.45) is 15.3. The van der Waals surface area contributed by atoms with E-state index in [1.807, 2.05) is 0 Å². The summed E-state index contributed by atoms with van der Waals surface area (Å²) in [4.78, 5) is 48.2. The molecule has 0 bridgehead atoms. The maximum atomic E-state index is 11.6. The zero-order chi connectivity index (χ0) is 22.3. The number of hydrogen-bond acceptors (Lipinski definition) is 10. The predicted molar refractivity (Wildman–Crippen MR) is 141 cm³/mol. The molecule has 208 valence electrons. The fraction of sp³-hybridized carbons (Fsp3) is 0.720. The first-order valence-corrected chi connectivity index (χ1v) is 9.19. The van der Waals surface area contributed by atoms with Crippen LogP contribution in [0.5, 0.6) is 0 Å². The van der Waals surface area contributed by atoms with Crippen LogP contribution in [0.15, 0.2) is 12.2 Å². The lowest BCUT2D eigenvalue weighted by Gasteiger charge is -2.21. The quantitative estimate of drug-likeness (QED) is 0.162. The molecular weight excluding hydrogens is 454 g/mol. The molecule has 10 heteroatoms. The average molecular weight is 506 g/mol. The summed E-state index contributed by atoms with van der Waals surface area (Å²) in [6.45, 7) is 0. The van der Waals surface area contributed by atoms with Crippen LogP contribution >= 0.6 is 0 Å². The zero-order valence-electron chi connectivity index (χ0n) is 16.2. The van der Waals surface area contributed by atoms with Crippen molar-refractivity contribution < 1.29 is 33.4 Å². The number of hydrogen-bond donors (Lipinski definition) is 3. The third kappa shape index (κ3) is 38.4. The van der Waals surface area contributed by atoms with Gasteiger partial charge in [0.05, 0.1) is 0 Å². The van der Waals surface area contributed by atoms with Gasteiger partial charge in [-0.05, 0) is 51.4 Å². The van der Waals surface area contributed by atoms with Gasteiger partial charge in [-0.15, -0.1) is 0 Å². The second-order valence-electron chi connectivity index (χ2n) is 6.03. The number of isocyanates is 3. The lowest BCUT2D eigenvalue weighted by atomic mass is 9.98. The van der Waals surface area contributed by atoms with Gasteiger partial charge in [-0.2, -0.15) is 0 Å². The van der Waals surface area contributed by atoms with Gasteiger partial charge in [-0.25, -0.2) is 40.2 Å². The fourth-order valence-corrected chi connectivity index (χ4v) is 2.91. The van der Waals surface area contributed by atoms with Crippen molar-refractivity contribution in [1.29, 1.82) is 16.2 Å². The van der Waals surface area contributed by atoms with Crippen molar-refractivity contribution in [1.82, 2.24) is 0 Å². The molecular formula is C25H51N3O7. The Hall–Kier alpha value is -3.18. The highest BCUT2D eigenvalue weighted by Gasteiger charge is 2.18. The Labute approximate surface area is 213 Å². The summed E-state index contributed by atoms with van der Waals surface area (Å²) in [5.74, 6) is -0.866. The molecule has 0 saturated heterocycles. The number of carbonyl (C=O) groups is 2. The summed E-state index contributed by atoms with van der Waals surface area (Å²) in [5, 5.41) is 16.2. The molecule has 0 aromatic heterocycles. The van der Waals surface area contributed by atoms with Crippen LogP contribution in [0.1, 0.15) is 109 Å². The highest BCUT2D eigenvalue weighted by molar-refractivity contribution is 5.91. The molecule has 2 rings (SSSR count). The van der Waals surface area contributed by atoms with E-state index in [0.717, 1.165) is 69.6 Å². The first-order valence-electron chi connectivity index (χ1n) is 9.19. The topological polar surface area (TPSA) is 175 Å². The average Bonchev–Trinajstić information content (AvgIpc) is 2.70. The van der Waals surface area contributed by atoms with Crippen LogP contribution in [0.25, 0.3) is 0 Å². The van der Waals surface area contributed by atoms with Gasteiger partial charge < -0.3 is 9.47 Å². The van der Waals surface area contributed by atoms with Gasteiger partial charge >= 0.3 is 11.9 Å². The molecule has 0 radical (unpaired) electrons. The maximum absolute atomic E-state index is 11.6. The van der Waals surface area contributed by atoms with Gasteiger partial charge in [0.2, 0.25) is 18.2 Å². The highest BCUT2D eigenvalue weighted by Crippen LogP contribution is 2.21. The molecule has 2 aliphatic rings. The smallest absolute Gasteiger partial charge is 0.331 e. The van der Waals surface area contributed by atoms with Crippen LogP contribution in [0.3, 0.4) is 0 Å². The van der Waals surface area contributed by atoms with E-state index in [2.05, 4.69) is 0 Å². The first-order chi connectivity index (χ1) is 14.0. The molecule has 0 spiro atoms. The SMILES string of the molecule is C.C.C.C.C.C.N=C=O.N=C=O.N=C=O.O=C(/C=C\C(=O)OC1CCCCC1)OC1CCCCC1. The molecule has 2 saturated carbocycles.